The molecular weight excluding hydrogens is 414 g/mol. The fourth-order valence-corrected chi connectivity index (χ4v) is 2.56. The van der Waals surface area contributed by atoms with Gasteiger partial charge in [0, 0.05) is 0 Å². The van der Waals surface area contributed by atoms with Crippen molar-refractivity contribution in [2.24, 2.45) is 0 Å². The van der Waals surface area contributed by atoms with Crippen molar-refractivity contribution in [2.75, 3.05) is 0 Å². The molecule has 0 fully saturated rings. The van der Waals surface area contributed by atoms with Crippen molar-refractivity contribution in [3.05, 3.63) is 59.7 Å². The van der Waals surface area contributed by atoms with Crippen molar-refractivity contribution in [1.29, 1.82) is 0 Å². The van der Waals surface area contributed by atoms with Crippen LogP contribution in [0.4, 0.5) is 17.6 Å². The van der Waals surface area contributed by atoms with E-state index in [1.165, 1.54) is 24.3 Å². The van der Waals surface area contributed by atoms with Crippen LogP contribution in [-0.4, -0.2) is 0 Å². The maximum atomic E-state index is 13.2. The predicted octanol–water partition coefficient (Wildman–Crippen LogP) is -2.38. The van der Waals surface area contributed by atoms with Crippen LogP contribution in [0.2, 0.25) is 0 Å². The second-order valence-corrected chi connectivity index (χ2v) is 4.80. The minimum absolute atomic E-state index is 0. The standard InChI is InChI=1S/2C6H4F2O.2ClH.Zr/c2*7-4-2-1-3-5(9)6(4)8;;;/h2*1-3,9H;2*1H;/q;;;;+4/p-4. The van der Waals surface area contributed by atoms with E-state index in [0.717, 1.165) is 12.1 Å². The summed E-state index contributed by atoms with van der Waals surface area (Å²) in [5.41, 5.74) is 0. The van der Waals surface area contributed by atoms with E-state index in [9.17, 15) is 17.6 Å². The summed E-state index contributed by atoms with van der Waals surface area (Å²) in [7, 11) is 0. The molecule has 2 aromatic carbocycles. The molecule has 0 aliphatic heterocycles. The van der Waals surface area contributed by atoms with E-state index in [-0.39, 0.29) is 36.3 Å². The molecule has 0 radical (unpaired) electrons. The third-order valence-electron chi connectivity index (χ3n) is 2.14. The third-order valence-corrected chi connectivity index (χ3v) is 3.63. The zero-order valence-corrected chi connectivity index (χ0v) is 14.0. The molecular formula is C12H6Cl2F4O2Zr. The monoisotopic (exact) mass is 418 g/mol. The van der Waals surface area contributed by atoms with Crippen LogP contribution in [0.1, 0.15) is 0 Å². The van der Waals surface area contributed by atoms with Gasteiger partial charge in [-0.25, -0.2) is 0 Å². The molecule has 2 aromatic rings. The van der Waals surface area contributed by atoms with E-state index in [1.54, 1.807) is 0 Å². The number of rotatable bonds is 4. The van der Waals surface area contributed by atoms with Crippen LogP contribution >= 0.6 is 0 Å². The molecule has 0 aromatic heterocycles. The third kappa shape index (κ3) is 5.17. The molecule has 0 bridgehead atoms. The smallest absolute Gasteiger partial charge is 1.00 e. The van der Waals surface area contributed by atoms with Crippen LogP contribution in [-0.2, 0) is 24.1 Å². The van der Waals surface area contributed by atoms with Gasteiger partial charge in [0.15, 0.2) is 0 Å². The van der Waals surface area contributed by atoms with Gasteiger partial charge in [-0.3, -0.25) is 0 Å². The molecule has 0 N–H and O–H groups in total. The molecule has 0 atom stereocenters. The van der Waals surface area contributed by atoms with Gasteiger partial charge >= 0.3 is 118 Å². The average Bonchev–Trinajstić information content (AvgIpc) is 2.39. The summed E-state index contributed by atoms with van der Waals surface area (Å²) in [5.74, 6) is -4.96. The molecule has 0 saturated carbocycles. The van der Waals surface area contributed by atoms with Gasteiger partial charge in [-0.1, -0.05) is 0 Å². The number of hydrogen-bond acceptors (Lipinski definition) is 2. The number of benzene rings is 2. The topological polar surface area (TPSA) is 18.5 Å². The molecule has 21 heavy (non-hydrogen) atoms. The molecule has 9 heteroatoms. The van der Waals surface area contributed by atoms with Crippen molar-refractivity contribution >= 4 is 0 Å². The van der Waals surface area contributed by atoms with Gasteiger partial charge < -0.3 is 24.8 Å². The van der Waals surface area contributed by atoms with E-state index in [0.29, 0.717) is 0 Å². The van der Waals surface area contributed by atoms with Gasteiger partial charge in [0.1, 0.15) is 0 Å². The summed E-state index contributed by atoms with van der Waals surface area (Å²) in [5, 5.41) is 0. The molecule has 0 spiro atoms. The Kier molecular flexibility index (Phi) is 8.94. The molecule has 2 nitrogen and oxygen atoms in total. The van der Waals surface area contributed by atoms with Gasteiger partial charge in [0.05, 0.1) is 0 Å². The minimum atomic E-state index is -2.16. The Balaban J connectivity index is 0.00000200. The molecule has 112 valence electrons. The van der Waals surface area contributed by atoms with Crippen LogP contribution in [0.5, 0.6) is 11.5 Å². The van der Waals surface area contributed by atoms with Crippen LogP contribution in [0.25, 0.3) is 0 Å². The SMILES string of the molecule is Fc1cccc([O][Zr+2][O]c2cccc(F)c2F)c1F.[Cl-].[Cl-]. The normalized spacial score (nSPS) is 8.95. The molecule has 0 amide bonds. The second-order valence-electron chi connectivity index (χ2n) is 3.39. The molecule has 0 heterocycles. The number of halogens is 6. The molecule has 0 saturated heterocycles. The van der Waals surface area contributed by atoms with E-state index < -0.39 is 47.4 Å². The van der Waals surface area contributed by atoms with Gasteiger partial charge in [-0.2, -0.15) is 0 Å². The fourth-order valence-electron chi connectivity index (χ4n) is 1.24. The predicted molar refractivity (Wildman–Crippen MR) is 54.0 cm³/mol. The molecule has 0 aliphatic carbocycles. The quantitative estimate of drug-likeness (QED) is 0.515. The summed E-state index contributed by atoms with van der Waals surface area (Å²) >= 11 is -2.16. The van der Waals surface area contributed by atoms with Gasteiger partial charge in [-0.15, -0.1) is 0 Å². The zero-order chi connectivity index (χ0) is 13.8. The van der Waals surface area contributed by atoms with Crippen molar-refractivity contribution < 1.29 is 72.1 Å². The summed E-state index contributed by atoms with van der Waals surface area (Å²) in [4.78, 5) is 0. The van der Waals surface area contributed by atoms with E-state index in [2.05, 4.69) is 0 Å². The van der Waals surface area contributed by atoms with Gasteiger partial charge in [0.2, 0.25) is 0 Å². The first-order chi connectivity index (χ1) is 9.09. The molecule has 2 rings (SSSR count). The van der Waals surface area contributed by atoms with Crippen LogP contribution in [0.15, 0.2) is 36.4 Å². The Labute approximate surface area is 143 Å². The van der Waals surface area contributed by atoms with Crippen molar-refractivity contribution in [1.82, 2.24) is 0 Å². The number of hydrogen-bond donors (Lipinski definition) is 0. The van der Waals surface area contributed by atoms with E-state index in [4.69, 9.17) is 5.63 Å². The fraction of sp³-hybridized carbons (Fsp3) is 0. The van der Waals surface area contributed by atoms with Gasteiger partial charge in [-0.05, 0) is 0 Å². The summed E-state index contributed by atoms with van der Waals surface area (Å²) in [6.45, 7) is 0. The maximum absolute atomic E-state index is 13.2. The summed E-state index contributed by atoms with van der Waals surface area (Å²) in [6, 6.07) is 6.89. The largest absolute Gasteiger partial charge is 1.00 e. The Morgan fingerprint density at radius 2 is 1.05 bits per heavy atom. The first-order valence-corrected chi connectivity index (χ1v) is 7.07. The van der Waals surface area contributed by atoms with Gasteiger partial charge in [0.25, 0.3) is 0 Å². The first-order valence-electron chi connectivity index (χ1n) is 5.06. The molecule has 0 aliphatic rings. The second kappa shape index (κ2) is 9.28. The summed E-state index contributed by atoms with van der Waals surface area (Å²) < 4.78 is 62.1. The van der Waals surface area contributed by atoms with Crippen molar-refractivity contribution in [2.45, 2.75) is 0 Å². The van der Waals surface area contributed by atoms with Crippen molar-refractivity contribution in [3.63, 3.8) is 0 Å². The first kappa shape index (κ1) is 20.2. The van der Waals surface area contributed by atoms with E-state index >= 15 is 0 Å². The van der Waals surface area contributed by atoms with Crippen LogP contribution in [0, 0.1) is 23.3 Å². The summed E-state index contributed by atoms with van der Waals surface area (Å²) in [6.07, 6.45) is 0. The Bertz CT molecular complexity index is 550. The Hall–Kier alpha value is -0.777. The molecule has 0 unspecified atom stereocenters. The average molecular weight is 420 g/mol. The van der Waals surface area contributed by atoms with E-state index in [1.807, 2.05) is 0 Å². The van der Waals surface area contributed by atoms with Crippen LogP contribution < -0.4 is 30.4 Å². The van der Waals surface area contributed by atoms with Crippen molar-refractivity contribution in [3.8, 4) is 11.5 Å². The Morgan fingerprint density at radius 1 is 0.667 bits per heavy atom. The Morgan fingerprint density at radius 3 is 1.43 bits per heavy atom. The minimum Gasteiger partial charge on any atom is -1.00 e. The van der Waals surface area contributed by atoms with Crippen LogP contribution in [0.3, 0.4) is 0 Å². The zero-order valence-electron chi connectivity index (χ0n) is 10.0. The maximum Gasteiger partial charge on any atom is -1.00 e.